The summed E-state index contributed by atoms with van der Waals surface area (Å²) in [5.41, 5.74) is 2.81. The molecule has 3 aromatic heterocycles. The van der Waals surface area contributed by atoms with Crippen LogP contribution in [0.1, 0.15) is 30.5 Å². The number of nitrogens with zero attached hydrogens (tertiary/aromatic N) is 5. The van der Waals surface area contributed by atoms with Crippen LogP contribution in [0.4, 0.5) is 11.8 Å². The zero-order valence-electron chi connectivity index (χ0n) is 15.4. The second-order valence-corrected chi connectivity index (χ2v) is 6.04. The molecule has 0 unspecified atom stereocenters. The van der Waals surface area contributed by atoms with Gasteiger partial charge in [0.2, 0.25) is 11.8 Å². The van der Waals surface area contributed by atoms with Crippen LogP contribution in [0.2, 0.25) is 0 Å². The highest BCUT2D eigenvalue weighted by Gasteiger charge is 2.15. The smallest absolute Gasteiger partial charge is 0.253 e. The molecule has 0 saturated heterocycles. The molecule has 0 aliphatic heterocycles. The maximum absolute atomic E-state index is 9.10. The Morgan fingerprint density at radius 3 is 2.78 bits per heavy atom. The Balaban J connectivity index is 1.72. The first-order valence-corrected chi connectivity index (χ1v) is 8.89. The van der Waals surface area contributed by atoms with E-state index >= 15 is 0 Å². The van der Waals surface area contributed by atoms with Crippen molar-refractivity contribution in [1.29, 1.82) is 0 Å². The third-order valence-corrected chi connectivity index (χ3v) is 3.80. The van der Waals surface area contributed by atoms with E-state index in [1.54, 1.807) is 6.20 Å². The van der Waals surface area contributed by atoms with Gasteiger partial charge in [-0.25, -0.2) is 4.98 Å². The Labute approximate surface area is 157 Å². The summed E-state index contributed by atoms with van der Waals surface area (Å²) in [7, 11) is 0. The third kappa shape index (κ3) is 4.98. The van der Waals surface area contributed by atoms with Crippen molar-refractivity contribution in [3.8, 4) is 11.5 Å². The zero-order chi connectivity index (χ0) is 19.1. The molecule has 0 bridgehead atoms. The van der Waals surface area contributed by atoms with E-state index in [1.807, 2.05) is 19.2 Å². The van der Waals surface area contributed by atoms with Gasteiger partial charge in [0.15, 0.2) is 0 Å². The number of anilines is 2. The highest BCUT2D eigenvalue weighted by atomic mass is 16.4. The molecule has 3 rings (SSSR count). The molecular formula is C18H23N7O2. The lowest BCUT2D eigenvalue weighted by molar-refractivity contribution is 0.241. The molecule has 0 aliphatic carbocycles. The first-order valence-electron chi connectivity index (χ1n) is 8.89. The molecular weight excluding hydrogens is 346 g/mol. The minimum atomic E-state index is -0.307. The molecule has 0 aliphatic rings. The summed E-state index contributed by atoms with van der Waals surface area (Å²) in [6.45, 7) is 5.22. The number of hydrogen-bond acceptors (Lipinski definition) is 9. The van der Waals surface area contributed by atoms with E-state index in [1.165, 1.54) is 5.56 Å². The summed E-state index contributed by atoms with van der Waals surface area (Å²) in [5.74, 6) is 1.54. The third-order valence-electron chi connectivity index (χ3n) is 3.80. The van der Waals surface area contributed by atoms with Crippen molar-refractivity contribution < 1.29 is 9.52 Å². The van der Waals surface area contributed by atoms with Gasteiger partial charge in [0, 0.05) is 37.6 Å². The molecule has 9 heteroatoms. The molecule has 0 spiro atoms. The van der Waals surface area contributed by atoms with Crippen LogP contribution < -0.4 is 10.6 Å². The first kappa shape index (κ1) is 18.7. The number of aliphatic hydroxyl groups is 1. The number of rotatable bonds is 9. The molecule has 9 nitrogen and oxygen atoms in total. The van der Waals surface area contributed by atoms with Gasteiger partial charge in [0.05, 0.1) is 5.56 Å². The van der Waals surface area contributed by atoms with Crippen LogP contribution in [0, 0.1) is 6.92 Å². The molecule has 3 heterocycles. The fourth-order valence-electron chi connectivity index (χ4n) is 2.47. The van der Waals surface area contributed by atoms with Gasteiger partial charge in [0.1, 0.15) is 12.4 Å². The predicted molar refractivity (Wildman–Crippen MR) is 101 cm³/mol. The van der Waals surface area contributed by atoms with E-state index in [4.69, 9.17) is 9.52 Å². The predicted octanol–water partition coefficient (Wildman–Crippen LogP) is 2.20. The number of aromatic nitrogens is 5. The largest absolute Gasteiger partial charge is 0.418 e. The lowest BCUT2D eigenvalue weighted by Gasteiger charge is -2.10. The highest BCUT2D eigenvalue weighted by molar-refractivity contribution is 5.69. The Bertz CT molecular complexity index is 882. The minimum Gasteiger partial charge on any atom is -0.418 e. The Morgan fingerprint density at radius 1 is 1.15 bits per heavy atom. The SMILES string of the molecule is CCCNc1nc(NCCc2cc(C)ccn2)ncc1-c1nnc(CO)o1. The number of aryl methyl sites for hydroxylation is 1. The van der Waals surface area contributed by atoms with Crippen LogP contribution in [0.15, 0.2) is 28.9 Å². The van der Waals surface area contributed by atoms with E-state index in [0.29, 0.717) is 23.9 Å². The summed E-state index contributed by atoms with van der Waals surface area (Å²) in [4.78, 5) is 13.2. The van der Waals surface area contributed by atoms with Gasteiger partial charge in [-0.15, -0.1) is 10.2 Å². The Hall–Kier alpha value is -3.07. The summed E-state index contributed by atoms with van der Waals surface area (Å²) in [5, 5.41) is 23.3. The number of nitrogens with one attached hydrogen (secondary N) is 2. The van der Waals surface area contributed by atoms with Crippen LogP contribution in [-0.4, -0.2) is 43.3 Å². The topological polar surface area (TPSA) is 122 Å². The minimum absolute atomic E-state index is 0.152. The second-order valence-electron chi connectivity index (χ2n) is 6.04. The fourth-order valence-corrected chi connectivity index (χ4v) is 2.47. The van der Waals surface area contributed by atoms with Crippen LogP contribution in [0.5, 0.6) is 0 Å². The van der Waals surface area contributed by atoms with Gasteiger partial charge in [-0.1, -0.05) is 6.92 Å². The van der Waals surface area contributed by atoms with Gasteiger partial charge in [0.25, 0.3) is 5.89 Å². The zero-order valence-corrected chi connectivity index (χ0v) is 15.4. The molecule has 0 saturated carbocycles. The van der Waals surface area contributed by atoms with Gasteiger partial charge < -0.3 is 20.2 Å². The van der Waals surface area contributed by atoms with Crippen molar-refractivity contribution in [2.24, 2.45) is 0 Å². The van der Waals surface area contributed by atoms with Crippen molar-refractivity contribution in [2.45, 2.75) is 33.3 Å². The normalized spacial score (nSPS) is 10.8. The van der Waals surface area contributed by atoms with Crippen molar-refractivity contribution >= 4 is 11.8 Å². The lowest BCUT2D eigenvalue weighted by Crippen LogP contribution is -2.11. The molecule has 0 amide bonds. The van der Waals surface area contributed by atoms with E-state index in [0.717, 1.165) is 25.1 Å². The van der Waals surface area contributed by atoms with E-state index in [2.05, 4.69) is 48.8 Å². The van der Waals surface area contributed by atoms with Crippen LogP contribution >= 0.6 is 0 Å². The average Bonchev–Trinajstić information content (AvgIpc) is 3.15. The second kappa shape index (κ2) is 9.04. The molecule has 0 atom stereocenters. The molecule has 0 fully saturated rings. The first-order chi connectivity index (χ1) is 13.2. The average molecular weight is 369 g/mol. The van der Waals surface area contributed by atoms with Crippen molar-refractivity contribution in [1.82, 2.24) is 25.1 Å². The number of hydrogen-bond donors (Lipinski definition) is 3. The molecule has 27 heavy (non-hydrogen) atoms. The molecule has 142 valence electrons. The van der Waals surface area contributed by atoms with Crippen LogP contribution in [-0.2, 0) is 13.0 Å². The summed E-state index contributed by atoms with van der Waals surface area (Å²) >= 11 is 0. The maximum atomic E-state index is 9.10. The Morgan fingerprint density at radius 2 is 2.04 bits per heavy atom. The summed E-state index contributed by atoms with van der Waals surface area (Å²) in [6, 6.07) is 4.04. The van der Waals surface area contributed by atoms with Crippen molar-refractivity contribution in [3.05, 3.63) is 41.7 Å². The molecule has 3 N–H and O–H groups in total. The molecule has 0 radical (unpaired) electrons. The van der Waals surface area contributed by atoms with Gasteiger partial charge in [-0.3, -0.25) is 4.98 Å². The van der Waals surface area contributed by atoms with Gasteiger partial charge >= 0.3 is 0 Å². The van der Waals surface area contributed by atoms with Gasteiger partial charge in [-0.05, 0) is 31.0 Å². The van der Waals surface area contributed by atoms with E-state index in [9.17, 15) is 0 Å². The van der Waals surface area contributed by atoms with E-state index in [-0.39, 0.29) is 18.4 Å². The maximum Gasteiger partial charge on any atom is 0.253 e. The number of pyridine rings is 1. The Kier molecular flexibility index (Phi) is 6.26. The highest BCUT2D eigenvalue weighted by Crippen LogP contribution is 2.25. The molecule has 3 aromatic rings. The van der Waals surface area contributed by atoms with Gasteiger partial charge in [-0.2, -0.15) is 4.98 Å². The summed E-state index contributed by atoms with van der Waals surface area (Å²) < 4.78 is 5.41. The monoisotopic (exact) mass is 369 g/mol. The fraction of sp³-hybridized carbons (Fsp3) is 0.389. The van der Waals surface area contributed by atoms with Crippen molar-refractivity contribution in [2.75, 3.05) is 23.7 Å². The number of aliphatic hydroxyl groups excluding tert-OH is 1. The molecule has 0 aromatic carbocycles. The lowest BCUT2D eigenvalue weighted by atomic mass is 10.2. The van der Waals surface area contributed by atoms with Crippen LogP contribution in [0.25, 0.3) is 11.5 Å². The standard InChI is InChI=1S/C18H23N7O2/c1-3-6-20-16-14(17-25-24-15(11-26)27-17)10-22-18(23-16)21-8-5-13-9-12(2)4-7-19-13/h4,7,9-10,26H,3,5-6,8,11H2,1-2H3,(H2,20,21,22,23). The van der Waals surface area contributed by atoms with E-state index < -0.39 is 0 Å². The summed E-state index contributed by atoms with van der Waals surface area (Å²) in [6.07, 6.45) is 5.16. The van der Waals surface area contributed by atoms with Crippen LogP contribution in [0.3, 0.4) is 0 Å². The quantitative estimate of drug-likeness (QED) is 0.521. The van der Waals surface area contributed by atoms with Crippen molar-refractivity contribution in [3.63, 3.8) is 0 Å².